The van der Waals surface area contributed by atoms with Crippen LogP contribution in [-0.4, -0.2) is 50.8 Å². The van der Waals surface area contributed by atoms with Crippen LogP contribution in [-0.2, 0) is 4.74 Å². The first-order valence-electron chi connectivity index (χ1n) is 9.04. The van der Waals surface area contributed by atoms with Gasteiger partial charge in [0.15, 0.2) is 17.0 Å². The molecule has 1 aliphatic heterocycles. The number of imidazole rings is 1. The van der Waals surface area contributed by atoms with E-state index in [1.54, 1.807) is 6.33 Å². The Bertz CT molecular complexity index is 944. The van der Waals surface area contributed by atoms with E-state index in [0.717, 1.165) is 60.5 Å². The van der Waals surface area contributed by atoms with Crippen LogP contribution in [0.4, 0.5) is 17.3 Å². The van der Waals surface area contributed by atoms with Crippen molar-refractivity contribution in [2.45, 2.75) is 25.8 Å². The second-order valence-electron chi connectivity index (χ2n) is 6.80. The summed E-state index contributed by atoms with van der Waals surface area (Å²) >= 11 is 0. The third kappa shape index (κ3) is 2.76. The van der Waals surface area contributed by atoms with Gasteiger partial charge in [-0.05, 0) is 31.9 Å². The van der Waals surface area contributed by atoms with Crippen molar-refractivity contribution in [3.05, 3.63) is 30.5 Å². The number of anilines is 3. The molecule has 0 unspecified atom stereocenters. The maximum Gasteiger partial charge on any atom is 0.165 e. The molecule has 4 heterocycles. The number of aryl methyl sites for hydroxylation is 1. The van der Waals surface area contributed by atoms with Crippen molar-refractivity contribution in [1.29, 1.82) is 0 Å². The lowest BCUT2D eigenvalue weighted by atomic mass is 10.3. The predicted molar refractivity (Wildman–Crippen MR) is 98.9 cm³/mol. The third-order valence-corrected chi connectivity index (χ3v) is 4.96. The van der Waals surface area contributed by atoms with Crippen LogP contribution >= 0.6 is 0 Å². The Labute approximate surface area is 151 Å². The summed E-state index contributed by atoms with van der Waals surface area (Å²) in [6.07, 6.45) is 5.86. The first kappa shape index (κ1) is 15.5. The maximum atomic E-state index is 5.41. The molecule has 1 N–H and O–H groups in total. The number of rotatable bonds is 4. The molecule has 0 aromatic carbocycles. The topological polar surface area (TPSA) is 81.0 Å². The Morgan fingerprint density at radius 2 is 1.96 bits per heavy atom. The van der Waals surface area contributed by atoms with E-state index in [-0.39, 0.29) is 0 Å². The Morgan fingerprint density at radius 3 is 2.73 bits per heavy atom. The predicted octanol–water partition coefficient (Wildman–Crippen LogP) is 2.44. The number of hydrogen-bond acceptors (Lipinski definition) is 7. The van der Waals surface area contributed by atoms with Crippen LogP contribution in [0.2, 0.25) is 0 Å². The molecule has 134 valence electrons. The van der Waals surface area contributed by atoms with E-state index in [9.17, 15) is 0 Å². The Kier molecular flexibility index (Phi) is 3.70. The highest BCUT2D eigenvalue weighted by Gasteiger charge is 2.26. The minimum Gasteiger partial charge on any atom is -0.378 e. The molecule has 0 atom stereocenters. The highest BCUT2D eigenvalue weighted by molar-refractivity contribution is 5.85. The van der Waals surface area contributed by atoms with Crippen molar-refractivity contribution in [2.24, 2.45) is 0 Å². The lowest BCUT2D eigenvalue weighted by Gasteiger charge is -2.28. The molecule has 8 heteroatoms. The minimum absolute atomic E-state index is 0.541. The summed E-state index contributed by atoms with van der Waals surface area (Å²) in [6.45, 7) is 5.27. The van der Waals surface area contributed by atoms with E-state index in [1.165, 1.54) is 12.8 Å². The van der Waals surface area contributed by atoms with Crippen molar-refractivity contribution in [3.63, 3.8) is 0 Å². The second kappa shape index (κ2) is 6.21. The average Bonchev–Trinajstić information content (AvgIpc) is 3.43. The van der Waals surface area contributed by atoms with Gasteiger partial charge < -0.3 is 19.5 Å². The standard InChI is InChI=1S/C18H21N7O/c1-12-14(4-5-15(22-12)24-6-8-26-9-7-24)23-17-16-18(20-10-19-17)25(11-21-16)13-2-3-13/h4-5,10-11,13H,2-3,6-9H2,1H3,(H,19,20,23). The molecule has 1 aliphatic carbocycles. The van der Waals surface area contributed by atoms with Crippen LogP contribution in [0.25, 0.3) is 11.2 Å². The highest BCUT2D eigenvalue weighted by Crippen LogP contribution is 2.37. The Balaban J connectivity index is 1.43. The molecular weight excluding hydrogens is 330 g/mol. The summed E-state index contributed by atoms with van der Waals surface area (Å²) in [5.74, 6) is 1.71. The van der Waals surface area contributed by atoms with Crippen molar-refractivity contribution in [3.8, 4) is 0 Å². The largest absolute Gasteiger partial charge is 0.378 e. The van der Waals surface area contributed by atoms with Crippen molar-refractivity contribution >= 4 is 28.5 Å². The number of nitrogens with zero attached hydrogens (tertiary/aromatic N) is 6. The number of aromatic nitrogens is 5. The number of hydrogen-bond donors (Lipinski definition) is 1. The summed E-state index contributed by atoms with van der Waals surface area (Å²) in [5.41, 5.74) is 3.56. The average molecular weight is 351 g/mol. The van der Waals surface area contributed by atoms with Gasteiger partial charge in [0.1, 0.15) is 12.1 Å². The van der Waals surface area contributed by atoms with E-state index in [1.807, 2.05) is 19.3 Å². The molecule has 1 saturated heterocycles. The lowest BCUT2D eigenvalue weighted by molar-refractivity contribution is 0.122. The van der Waals surface area contributed by atoms with Crippen LogP contribution in [0.1, 0.15) is 24.6 Å². The van der Waals surface area contributed by atoms with E-state index in [4.69, 9.17) is 9.72 Å². The monoisotopic (exact) mass is 351 g/mol. The zero-order valence-corrected chi connectivity index (χ0v) is 14.7. The molecular formula is C18H21N7O. The third-order valence-electron chi connectivity index (χ3n) is 4.96. The van der Waals surface area contributed by atoms with Crippen molar-refractivity contribution in [2.75, 3.05) is 36.5 Å². The molecule has 2 fully saturated rings. The summed E-state index contributed by atoms with van der Waals surface area (Å²) < 4.78 is 7.56. The van der Waals surface area contributed by atoms with Gasteiger partial charge in [0, 0.05) is 19.1 Å². The fraction of sp³-hybridized carbons (Fsp3) is 0.444. The smallest absolute Gasteiger partial charge is 0.165 e. The number of nitrogens with one attached hydrogen (secondary N) is 1. The summed E-state index contributed by atoms with van der Waals surface area (Å²) in [6, 6.07) is 4.64. The molecule has 3 aromatic rings. The molecule has 0 bridgehead atoms. The Hall–Kier alpha value is -2.74. The lowest BCUT2D eigenvalue weighted by Crippen LogP contribution is -2.36. The van der Waals surface area contributed by atoms with Gasteiger partial charge in [-0.25, -0.2) is 19.9 Å². The van der Waals surface area contributed by atoms with Gasteiger partial charge in [-0.1, -0.05) is 0 Å². The molecule has 26 heavy (non-hydrogen) atoms. The summed E-state index contributed by atoms with van der Waals surface area (Å²) in [7, 11) is 0. The van der Waals surface area contributed by atoms with Gasteiger partial charge >= 0.3 is 0 Å². The van der Waals surface area contributed by atoms with E-state index < -0.39 is 0 Å². The normalized spacial score (nSPS) is 17.7. The van der Waals surface area contributed by atoms with Gasteiger partial charge in [0.25, 0.3) is 0 Å². The summed E-state index contributed by atoms with van der Waals surface area (Å²) in [5, 5.41) is 3.39. The van der Waals surface area contributed by atoms with Crippen LogP contribution in [0.3, 0.4) is 0 Å². The molecule has 1 saturated carbocycles. The van der Waals surface area contributed by atoms with Gasteiger partial charge in [-0.15, -0.1) is 0 Å². The number of fused-ring (bicyclic) bond motifs is 1. The zero-order chi connectivity index (χ0) is 17.5. The first-order valence-corrected chi connectivity index (χ1v) is 9.04. The van der Waals surface area contributed by atoms with Crippen LogP contribution < -0.4 is 10.2 Å². The molecule has 2 aliphatic rings. The van der Waals surface area contributed by atoms with E-state index in [0.29, 0.717) is 6.04 Å². The van der Waals surface area contributed by atoms with Crippen LogP contribution in [0.5, 0.6) is 0 Å². The molecule has 0 spiro atoms. The second-order valence-corrected chi connectivity index (χ2v) is 6.80. The zero-order valence-electron chi connectivity index (χ0n) is 14.7. The quantitative estimate of drug-likeness (QED) is 0.773. The number of pyridine rings is 1. The van der Waals surface area contributed by atoms with E-state index >= 15 is 0 Å². The van der Waals surface area contributed by atoms with Crippen LogP contribution in [0, 0.1) is 6.92 Å². The van der Waals surface area contributed by atoms with Gasteiger partial charge in [0.05, 0.1) is 30.9 Å². The maximum absolute atomic E-state index is 5.41. The van der Waals surface area contributed by atoms with E-state index in [2.05, 4.69) is 35.8 Å². The Morgan fingerprint density at radius 1 is 1.12 bits per heavy atom. The number of morpholine rings is 1. The molecule has 0 radical (unpaired) electrons. The molecule has 3 aromatic heterocycles. The molecule has 0 amide bonds. The first-order chi connectivity index (χ1) is 12.8. The summed E-state index contributed by atoms with van der Waals surface area (Å²) in [4.78, 5) is 20.3. The SMILES string of the molecule is Cc1nc(N2CCOCC2)ccc1Nc1ncnc2c1ncn2C1CC1. The number of ether oxygens (including phenoxy) is 1. The van der Waals surface area contributed by atoms with Gasteiger partial charge in [-0.3, -0.25) is 0 Å². The van der Waals surface area contributed by atoms with Crippen LogP contribution in [0.15, 0.2) is 24.8 Å². The fourth-order valence-corrected chi connectivity index (χ4v) is 3.34. The molecule has 8 nitrogen and oxygen atoms in total. The van der Waals surface area contributed by atoms with Gasteiger partial charge in [-0.2, -0.15) is 0 Å². The van der Waals surface area contributed by atoms with Crippen molar-refractivity contribution < 1.29 is 4.74 Å². The highest BCUT2D eigenvalue weighted by atomic mass is 16.5. The minimum atomic E-state index is 0.541. The fourth-order valence-electron chi connectivity index (χ4n) is 3.34. The molecule has 5 rings (SSSR count). The van der Waals surface area contributed by atoms with Crippen molar-refractivity contribution in [1.82, 2.24) is 24.5 Å². The van der Waals surface area contributed by atoms with Gasteiger partial charge in [0.2, 0.25) is 0 Å².